The van der Waals surface area contributed by atoms with E-state index < -0.39 is 10.0 Å². The molecule has 0 saturated carbocycles. The van der Waals surface area contributed by atoms with Gasteiger partial charge in [0.1, 0.15) is 0 Å². The van der Waals surface area contributed by atoms with E-state index in [1.807, 2.05) is 13.8 Å². The minimum Gasteiger partial charge on any atom is -0.359 e. The van der Waals surface area contributed by atoms with Crippen LogP contribution in [-0.2, 0) is 14.8 Å². The summed E-state index contributed by atoms with van der Waals surface area (Å²) >= 11 is 0. The fourth-order valence-electron chi connectivity index (χ4n) is 1.87. The zero-order valence-electron chi connectivity index (χ0n) is 12.6. The van der Waals surface area contributed by atoms with Crippen molar-refractivity contribution in [3.8, 4) is 0 Å². The minimum absolute atomic E-state index is 0.0809. The molecule has 6 nitrogen and oxygen atoms in total. The molecule has 1 atom stereocenters. The topological polar surface area (TPSA) is 87.3 Å². The van der Waals surface area contributed by atoms with Gasteiger partial charge in [0.05, 0.1) is 4.90 Å². The third kappa shape index (κ3) is 5.45. The van der Waals surface area contributed by atoms with Crippen LogP contribution in [0.2, 0.25) is 0 Å². The smallest absolute Gasteiger partial charge is 0.240 e. The summed E-state index contributed by atoms with van der Waals surface area (Å²) in [5.41, 5.74) is 1.03. The number of benzene rings is 1. The highest BCUT2D eigenvalue weighted by Crippen LogP contribution is 2.16. The summed E-state index contributed by atoms with van der Waals surface area (Å²) in [4.78, 5) is 11.3. The largest absolute Gasteiger partial charge is 0.359 e. The van der Waals surface area contributed by atoms with E-state index >= 15 is 0 Å². The summed E-state index contributed by atoms with van der Waals surface area (Å²) in [5.74, 6) is -0.201. The Bertz CT molecular complexity index is 555. The highest BCUT2D eigenvalue weighted by atomic mass is 32.2. The Hall–Kier alpha value is -1.44. The van der Waals surface area contributed by atoms with Crippen molar-refractivity contribution in [2.45, 2.75) is 31.2 Å². The molecule has 1 rings (SSSR count). The zero-order valence-corrected chi connectivity index (χ0v) is 13.5. The molecule has 0 aliphatic heterocycles. The van der Waals surface area contributed by atoms with Crippen LogP contribution in [0.4, 0.5) is 0 Å². The van der Waals surface area contributed by atoms with E-state index in [-0.39, 0.29) is 29.8 Å². The molecule has 0 bridgehead atoms. The van der Waals surface area contributed by atoms with Gasteiger partial charge in [-0.15, -0.1) is 0 Å². The van der Waals surface area contributed by atoms with Crippen LogP contribution in [-0.4, -0.2) is 34.5 Å². The Morgan fingerprint density at radius 1 is 1.24 bits per heavy atom. The van der Waals surface area contributed by atoms with Gasteiger partial charge in [-0.2, -0.15) is 0 Å². The van der Waals surface area contributed by atoms with E-state index in [1.165, 1.54) is 7.05 Å². The van der Waals surface area contributed by atoms with E-state index in [2.05, 4.69) is 15.4 Å². The standard InChI is InChI=1S/C14H23N3O3S/c1-4-16-11(2)12-5-7-13(8-6-12)21(19,20)17-10-9-14(18)15-3/h5-8,11,16-17H,4,9-10H2,1-3H3,(H,15,18). The lowest BCUT2D eigenvalue weighted by Gasteiger charge is -2.13. The lowest BCUT2D eigenvalue weighted by Crippen LogP contribution is -2.29. The summed E-state index contributed by atoms with van der Waals surface area (Å²) in [6.45, 7) is 4.97. The van der Waals surface area contributed by atoms with Gasteiger partial charge in [0.15, 0.2) is 0 Å². The van der Waals surface area contributed by atoms with Crippen molar-refractivity contribution < 1.29 is 13.2 Å². The highest BCUT2D eigenvalue weighted by molar-refractivity contribution is 7.89. The number of carbonyl (C=O) groups is 1. The van der Waals surface area contributed by atoms with Gasteiger partial charge in [-0.3, -0.25) is 4.79 Å². The molecule has 0 radical (unpaired) electrons. The first-order valence-electron chi connectivity index (χ1n) is 6.94. The van der Waals surface area contributed by atoms with Crippen molar-refractivity contribution in [1.82, 2.24) is 15.4 Å². The Labute approximate surface area is 126 Å². The van der Waals surface area contributed by atoms with Gasteiger partial charge in [-0.05, 0) is 31.2 Å². The average molecular weight is 313 g/mol. The number of amides is 1. The second kappa shape index (κ2) is 8.11. The average Bonchev–Trinajstić information content (AvgIpc) is 2.47. The van der Waals surface area contributed by atoms with Crippen LogP contribution in [0.5, 0.6) is 0 Å². The van der Waals surface area contributed by atoms with Crippen LogP contribution >= 0.6 is 0 Å². The molecule has 0 spiro atoms. The van der Waals surface area contributed by atoms with Crippen LogP contribution in [0.15, 0.2) is 29.2 Å². The van der Waals surface area contributed by atoms with Gasteiger partial charge in [-0.25, -0.2) is 13.1 Å². The Balaban J connectivity index is 2.69. The van der Waals surface area contributed by atoms with Crippen molar-refractivity contribution in [2.24, 2.45) is 0 Å². The normalized spacial score (nSPS) is 12.9. The van der Waals surface area contributed by atoms with Gasteiger partial charge < -0.3 is 10.6 Å². The van der Waals surface area contributed by atoms with Gasteiger partial charge >= 0.3 is 0 Å². The summed E-state index contributed by atoms with van der Waals surface area (Å²) in [6, 6.07) is 6.91. The van der Waals surface area contributed by atoms with E-state index in [4.69, 9.17) is 0 Å². The maximum Gasteiger partial charge on any atom is 0.240 e. The lowest BCUT2D eigenvalue weighted by atomic mass is 10.1. The fourth-order valence-corrected chi connectivity index (χ4v) is 2.90. The Morgan fingerprint density at radius 2 is 1.86 bits per heavy atom. The van der Waals surface area contributed by atoms with Crippen molar-refractivity contribution >= 4 is 15.9 Å². The number of hydrogen-bond acceptors (Lipinski definition) is 4. The van der Waals surface area contributed by atoms with E-state index in [0.29, 0.717) is 0 Å². The molecule has 3 N–H and O–H groups in total. The Kier molecular flexibility index (Phi) is 6.80. The summed E-state index contributed by atoms with van der Waals surface area (Å²) in [6.07, 6.45) is 0.116. The molecular formula is C14H23N3O3S. The van der Waals surface area contributed by atoms with Crippen LogP contribution in [0.25, 0.3) is 0 Å². The SMILES string of the molecule is CCNC(C)c1ccc(S(=O)(=O)NCCC(=O)NC)cc1. The number of hydrogen-bond donors (Lipinski definition) is 3. The first-order chi connectivity index (χ1) is 9.90. The second-order valence-corrected chi connectivity index (χ2v) is 6.44. The molecule has 1 amide bonds. The minimum atomic E-state index is -3.57. The van der Waals surface area contributed by atoms with E-state index in [9.17, 15) is 13.2 Å². The highest BCUT2D eigenvalue weighted by Gasteiger charge is 2.14. The second-order valence-electron chi connectivity index (χ2n) is 4.67. The van der Waals surface area contributed by atoms with Crippen molar-refractivity contribution in [3.05, 3.63) is 29.8 Å². The van der Waals surface area contributed by atoms with Gasteiger partial charge in [0.25, 0.3) is 0 Å². The van der Waals surface area contributed by atoms with Crippen LogP contribution in [0, 0.1) is 0 Å². The summed E-state index contributed by atoms with van der Waals surface area (Å²) in [5, 5.41) is 5.71. The van der Waals surface area contributed by atoms with Gasteiger partial charge in [0, 0.05) is 26.1 Å². The molecule has 0 saturated heterocycles. The number of sulfonamides is 1. The predicted octanol–water partition coefficient (Wildman–Crippen LogP) is 0.772. The fraction of sp³-hybridized carbons (Fsp3) is 0.500. The monoisotopic (exact) mass is 313 g/mol. The molecule has 1 aromatic rings. The maximum atomic E-state index is 12.1. The van der Waals surface area contributed by atoms with Crippen molar-refractivity contribution in [3.63, 3.8) is 0 Å². The number of rotatable bonds is 8. The molecule has 0 fully saturated rings. The van der Waals surface area contributed by atoms with Crippen LogP contribution in [0.3, 0.4) is 0 Å². The van der Waals surface area contributed by atoms with Crippen molar-refractivity contribution in [2.75, 3.05) is 20.1 Å². The summed E-state index contributed by atoms with van der Waals surface area (Å²) < 4.78 is 26.5. The maximum absolute atomic E-state index is 12.1. The molecule has 118 valence electrons. The van der Waals surface area contributed by atoms with E-state index in [1.54, 1.807) is 24.3 Å². The Morgan fingerprint density at radius 3 is 2.38 bits per heavy atom. The molecular weight excluding hydrogens is 290 g/mol. The molecule has 1 unspecified atom stereocenters. The summed E-state index contributed by atoms with van der Waals surface area (Å²) in [7, 11) is -2.05. The van der Waals surface area contributed by atoms with Crippen molar-refractivity contribution in [1.29, 1.82) is 0 Å². The quantitative estimate of drug-likeness (QED) is 0.661. The molecule has 21 heavy (non-hydrogen) atoms. The number of carbonyl (C=O) groups excluding carboxylic acids is 1. The third-order valence-electron chi connectivity index (χ3n) is 3.12. The molecule has 7 heteroatoms. The van der Waals surface area contributed by atoms with Gasteiger partial charge in [0.2, 0.25) is 15.9 Å². The van der Waals surface area contributed by atoms with Gasteiger partial charge in [-0.1, -0.05) is 19.1 Å². The van der Waals surface area contributed by atoms with E-state index in [0.717, 1.165) is 12.1 Å². The molecule has 0 heterocycles. The third-order valence-corrected chi connectivity index (χ3v) is 4.60. The number of nitrogens with one attached hydrogen (secondary N) is 3. The zero-order chi connectivity index (χ0) is 15.9. The van der Waals surface area contributed by atoms with Crippen LogP contribution in [0.1, 0.15) is 31.9 Å². The first-order valence-corrected chi connectivity index (χ1v) is 8.42. The molecule has 0 aliphatic rings. The lowest BCUT2D eigenvalue weighted by molar-refractivity contribution is -0.120. The predicted molar refractivity (Wildman–Crippen MR) is 82.4 cm³/mol. The first kappa shape index (κ1) is 17.6. The van der Waals surface area contributed by atoms with Crippen LogP contribution < -0.4 is 15.4 Å². The molecule has 0 aromatic heterocycles. The molecule has 0 aliphatic carbocycles. The molecule has 1 aromatic carbocycles.